The zero-order chi connectivity index (χ0) is 19.1. The molecule has 1 aliphatic rings. The Morgan fingerprint density at radius 3 is 2.68 bits per heavy atom. The van der Waals surface area contributed by atoms with Gasteiger partial charge in [-0.2, -0.15) is 0 Å². The molecule has 136 valence electrons. The highest BCUT2D eigenvalue weighted by Gasteiger charge is 2.27. The van der Waals surface area contributed by atoms with Crippen molar-refractivity contribution < 1.29 is 0 Å². The molecule has 1 aliphatic heterocycles. The number of para-hydroxylation sites is 1. The van der Waals surface area contributed by atoms with Gasteiger partial charge in [-0.3, -0.25) is 4.79 Å². The van der Waals surface area contributed by atoms with Gasteiger partial charge in [0.05, 0.1) is 18.6 Å². The summed E-state index contributed by atoms with van der Waals surface area (Å²) in [5.74, 6) is 0. The summed E-state index contributed by atoms with van der Waals surface area (Å²) in [6.45, 7) is 9.85. The molecule has 0 amide bonds. The van der Waals surface area contributed by atoms with Crippen LogP contribution in [0.2, 0.25) is 0 Å². The topological polar surface area (TPSA) is 58.3 Å². The van der Waals surface area contributed by atoms with Crippen LogP contribution in [0.25, 0.3) is 27.1 Å². The number of anilines is 1. The number of nitrogens with zero attached hydrogens (tertiary/aromatic N) is 4. The van der Waals surface area contributed by atoms with Crippen LogP contribution < -0.4 is 10.5 Å². The molecule has 0 fully saturated rings. The Balaban J connectivity index is 1.75. The zero-order valence-corrected chi connectivity index (χ0v) is 15.1. The lowest BCUT2D eigenvalue weighted by Crippen LogP contribution is -2.26. The van der Waals surface area contributed by atoms with Crippen molar-refractivity contribution in [2.45, 2.75) is 13.1 Å². The Morgan fingerprint density at radius 1 is 1.07 bits per heavy atom. The quantitative estimate of drug-likeness (QED) is 0.546. The Hall–Kier alpha value is -3.85. The second-order valence-corrected chi connectivity index (χ2v) is 6.81. The van der Waals surface area contributed by atoms with Crippen LogP contribution in [-0.2, 0) is 13.1 Å². The molecule has 2 aromatic heterocycles. The Kier molecular flexibility index (Phi) is 3.73. The van der Waals surface area contributed by atoms with E-state index < -0.39 is 0 Å². The predicted molar refractivity (Wildman–Crippen MR) is 110 cm³/mol. The van der Waals surface area contributed by atoms with Crippen LogP contribution in [0.5, 0.6) is 0 Å². The van der Waals surface area contributed by atoms with Crippen molar-refractivity contribution in [1.82, 2.24) is 14.5 Å². The minimum atomic E-state index is -0.213. The fourth-order valence-electron chi connectivity index (χ4n) is 4.03. The highest BCUT2D eigenvalue weighted by atomic mass is 16.1. The fourth-order valence-corrected chi connectivity index (χ4v) is 4.03. The van der Waals surface area contributed by atoms with Crippen LogP contribution in [0.1, 0.15) is 5.56 Å². The molecule has 0 saturated carbocycles. The molecule has 0 bridgehead atoms. The monoisotopic (exact) mass is 367 g/mol. The van der Waals surface area contributed by atoms with E-state index in [1.54, 1.807) is 0 Å². The first-order chi connectivity index (χ1) is 13.8. The van der Waals surface area contributed by atoms with E-state index in [1.807, 2.05) is 41.0 Å². The zero-order valence-electron chi connectivity index (χ0n) is 15.1. The van der Waals surface area contributed by atoms with E-state index in [1.165, 1.54) is 11.9 Å². The third kappa shape index (κ3) is 2.41. The van der Waals surface area contributed by atoms with E-state index in [0.29, 0.717) is 23.3 Å². The van der Waals surface area contributed by atoms with Crippen LogP contribution in [0, 0.1) is 6.57 Å². The van der Waals surface area contributed by atoms with Gasteiger partial charge in [0.15, 0.2) is 0 Å². The van der Waals surface area contributed by atoms with Gasteiger partial charge in [0.25, 0.3) is 5.56 Å². The van der Waals surface area contributed by atoms with Gasteiger partial charge < -0.3 is 14.5 Å². The maximum atomic E-state index is 12.5. The first-order valence-corrected chi connectivity index (χ1v) is 9.13. The minimum absolute atomic E-state index is 0.213. The molecule has 0 aliphatic carbocycles. The summed E-state index contributed by atoms with van der Waals surface area (Å²) < 4.78 is 1.96. The number of rotatable bonds is 2. The third-order valence-electron chi connectivity index (χ3n) is 5.24. The molecule has 6 nitrogen and oxygen atoms in total. The SMILES string of the molecule is [C-]#[N+]c1c2n(c3c(=O)[nH]cnc13)CCN(Cc1ccccc1)c1ccccc1-2. The van der Waals surface area contributed by atoms with Crippen molar-refractivity contribution in [3.8, 4) is 11.3 Å². The van der Waals surface area contributed by atoms with Gasteiger partial charge in [-0.25, -0.2) is 9.83 Å². The number of aromatic amines is 1. The lowest BCUT2D eigenvalue weighted by Gasteiger charge is -2.25. The van der Waals surface area contributed by atoms with Crippen LogP contribution >= 0.6 is 0 Å². The molecule has 6 heteroatoms. The Labute approximate surface area is 161 Å². The number of fused-ring (bicyclic) bond motifs is 5. The third-order valence-corrected chi connectivity index (χ3v) is 5.24. The summed E-state index contributed by atoms with van der Waals surface area (Å²) >= 11 is 0. The van der Waals surface area contributed by atoms with E-state index in [2.05, 4.69) is 37.9 Å². The Bertz CT molecular complexity index is 1280. The average Bonchev–Trinajstić information content (AvgIpc) is 2.98. The summed E-state index contributed by atoms with van der Waals surface area (Å²) in [4.78, 5) is 25.6. The molecule has 4 aromatic rings. The molecule has 3 heterocycles. The van der Waals surface area contributed by atoms with Crippen molar-refractivity contribution in [2.75, 3.05) is 11.4 Å². The minimum Gasteiger partial charge on any atom is -0.365 e. The lowest BCUT2D eigenvalue weighted by atomic mass is 10.1. The highest BCUT2D eigenvalue weighted by molar-refractivity contribution is 6.02. The van der Waals surface area contributed by atoms with Crippen LogP contribution in [-0.4, -0.2) is 21.1 Å². The molecule has 1 N–H and O–H groups in total. The van der Waals surface area contributed by atoms with E-state index in [-0.39, 0.29) is 5.56 Å². The molecule has 0 unspecified atom stereocenters. The average molecular weight is 367 g/mol. The summed E-state index contributed by atoms with van der Waals surface area (Å²) in [6, 6.07) is 18.4. The normalized spacial score (nSPS) is 12.9. The van der Waals surface area contributed by atoms with E-state index in [9.17, 15) is 4.79 Å². The molecule has 5 rings (SSSR count). The summed E-state index contributed by atoms with van der Waals surface area (Å²) in [7, 11) is 0. The molecule has 0 atom stereocenters. The molecule has 28 heavy (non-hydrogen) atoms. The molecular weight excluding hydrogens is 350 g/mol. The van der Waals surface area contributed by atoms with Crippen molar-refractivity contribution in [2.24, 2.45) is 0 Å². The molecule has 0 radical (unpaired) electrons. The predicted octanol–water partition coefficient (Wildman–Crippen LogP) is 3.96. The van der Waals surface area contributed by atoms with Crippen LogP contribution in [0.3, 0.4) is 0 Å². The first-order valence-electron chi connectivity index (χ1n) is 9.13. The number of aromatic nitrogens is 3. The smallest absolute Gasteiger partial charge is 0.273 e. The maximum Gasteiger partial charge on any atom is 0.273 e. The second-order valence-electron chi connectivity index (χ2n) is 6.81. The summed E-state index contributed by atoms with van der Waals surface area (Å²) in [6.07, 6.45) is 1.37. The summed E-state index contributed by atoms with van der Waals surface area (Å²) in [5, 5.41) is 0. The fraction of sp³-hybridized carbons (Fsp3) is 0.136. The standard InChI is InChI=1S/C22H17N5O/c1-23-18-19-21(22(28)25-14-24-19)27-12-11-26(13-15-7-3-2-4-8-15)17-10-6-5-9-16(17)20(18)27/h2-10,14H,11-13H2,(H,24,25,28). The maximum absolute atomic E-state index is 12.5. The van der Waals surface area contributed by atoms with E-state index in [0.717, 1.165) is 30.0 Å². The molecule has 0 spiro atoms. The van der Waals surface area contributed by atoms with Crippen molar-refractivity contribution in [1.29, 1.82) is 0 Å². The number of hydrogen-bond acceptors (Lipinski definition) is 3. The molecule has 0 saturated heterocycles. The molecule has 2 aromatic carbocycles. The van der Waals surface area contributed by atoms with Gasteiger partial charge in [0, 0.05) is 30.9 Å². The van der Waals surface area contributed by atoms with Crippen molar-refractivity contribution >= 4 is 22.4 Å². The van der Waals surface area contributed by atoms with Gasteiger partial charge in [-0.05, 0) is 11.6 Å². The van der Waals surface area contributed by atoms with Crippen molar-refractivity contribution in [3.05, 3.63) is 88.3 Å². The number of H-pyrrole nitrogens is 1. The highest BCUT2D eigenvalue weighted by Crippen LogP contribution is 2.43. The second kappa shape index (κ2) is 6.39. The van der Waals surface area contributed by atoms with Gasteiger partial charge in [0.2, 0.25) is 5.69 Å². The number of benzene rings is 2. The number of nitrogens with one attached hydrogen (secondary N) is 1. The first kappa shape index (κ1) is 16.3. The van der Waals surface area contributed by atoms with Gasteiger partial charge in [0.1, 0.15) is 11.0 Å². The van der Waals surface area contributed by atoms with Gasteiger partial charge >= 0.3 is 0 Å². The Morgan fingerprint density at radius 2 is 1.86 bits per heavy atom. The van der Waals surface area contributed by atoms with Crippen LogP contribution in [0.15, 0.2) is 65.7 Å². The largest absolute Gasteiger partial charge is 0.365 e. The van der Waals surface area contributed by atoms with Crippen molar-refractivity contribution in [3.63, 3.8) is 0 Å². The lowest BCUT2D eigenvalue weighted by molar-refractivity contribution is 0.686. The number of hydrogen-bond donors (Lipinski definition) is 1. The van der Waals surface area contributed by atoms with Gasteiger partial charge in [-0.1, -0.05) is 48.5 Å². The molecular formula is C22H17N5O. The van der Waals surface area contributed by atoms with E-state index in [4.69, 9.17) is 6.57 Å². The van der Waals surface area contributed by atoms with Gasteiger partial charge in [-0.15, -0.1) is 0 Å². The summed E-state index contributed by atoms with van der Waals surface area (Å²) in [5.41, 5.74) is 5.19. The van der Waals surface area contributed by atoms with Crippen LogP contribution in [0.4, 0.5) is 11.4 Å². The van der Waals surface area contributed by atoms with E-state index >= 15 is 0 Å².